The van der Waals surface area contributed by atoms with Gasteiger partial charge in [-0.15, -0.1) is 0 Å². The zero-order valence-electron chi connectivity index (χ0n) is 13.9. The van der Waals surface area contributed by atoms with E-state index >= 15 is 0 Å². The predicted molar refractivity (Wildman–Crippen MR) is 89.7 cm³/mol. The van der Waals surface area contributed by atoms with Crippen molar-refractivity contribution in [3.63, 3.8) is 0 Å². The number of amides is 1. The van der Waals surface area contributed by atoms with Gasteiger partial charge in [-0.2, -0.15) is 0 Å². The summed E-state index contributed by atoms with van der Waals surface area (Å²) in [5, 5.41) is 11.5. The Bertz CT molecular complexity index is 711. The molecule has 1 amide bonds. The second-order valence-corrected chi connectivity index (χ2v) is 7.59. The van der Waals surface area contributed by atoms with Crippen molar-refractivity contribution in [1.29, 1.82) is 0 Å². The van der Waals surface area contributed by atoms with Gasteiger partial charge in [0.25, 0.3) is 0 Å². The molecule has 0 bridgehead atoms. The van der Waals surface area contributed by atoms with Crippen molar-refractivity contribution >= 4 is 21.9 Å². The lowest BCUT2D eigenvalue weighted by molar-refractivity contribution is -0.146. The van der Waals surface area contributed by atoms with Gasteiger partial charge in [0.2, 0.25) is 15.9 Å². The minimum atomic E-state index is -3.69. The van der Waals surface area contributed by atoms with E-state index in [1.165, 1.54) is 12.1 Å². The van der Waals surface area contributed by atoms with E-state index in [9.17, 15) is 18.0 Å². The Morgan fingerprint density at radius 3 is 2.44 bits per heavy atom. The Morgan fingerprint density at radius 2 is 1.88 bits per heavy atom. The Hall–Kier alpha value is -2.13. The van der Waals surface area contributed by atoms with E-state index in [2.05, 4.69) is 10.0 Å². The van der Waals surface area contributed by atoms with Crippen LogP contribution in [-0.2, 0) is 19.6 Å². The SMILES string of the molecule is CCOc1ccc(S(=O)(=O)NCCC(=O)NC2CC(C(=O)O)C2)cc1. The van der Waals surface area contributed by atoms with Crippen LogP contribution in [0.25, 0.3) is 0 Å². The Morgan fingerprint density at radius 1 is 1.24 bits per heavy atom. The Kier molecular flexibility index (Phi) is 6.38. The van der Waals surface area contributed by atoms with E-state index in [1.807, 2.05) is 6.92 Å². The molecular formula is C16H22N2O6S. The number of nitrogens with one attached hydrogen (secondary N) is 2. The second kappa shape index (κ2) is 8.30. The quantitative estimate of drug-likeness (QED) is 0.589. The predicted octanol–water partition coefficient (Wildman–Crippen LogP) is 0.733. The molecule has 1 fully saturated rings. The molecule has 0 atom stereocenters. The van der Waals surface area contributed by atoms with Gasteiger partial charge < -0.3 is 15.2 Å². The van der Waals surface area contributed by atoms with Crippen molar-refractivity contribution in [3.8, 4) is 5.75 Å². The second-order valence-electron chi connectivity index (χ2n) is 5.82. The van der Waals surface area contributed by atoms with Crippen LogP contribution < -0.4 is 14.8 Å². The molecule has 25 heavy (non-hydrogen) atoms. The highest BCUT2D eigenvalue weighted by atomic mass is 32.2. The molecule has 3 N–H and O–H groups in total. The molecule has 0 radical (unpaired) electrons. The van der Waals surface area contributed by atoms with Crippen LogP contribution >= 0.6 is 0 Å². The molecule has 0 spiro atoms. The summed E-state index contributed by atoms with van der Waals surface area (Å²) >= 11 is 0. The third-order valence-corrected chi connectivity index (χ3v) is 5.42. The van der Waals surface area contributed by atoms with Gasteiger partial charge in [0.05, 0.1) is 17.4 Å². The smallest absolute Gasteiger partial charge is 0.306 e. The third kappa shape index (κ3) is 5.43. The summed E-state index contributed by atoms with van der Waals surface area (Å²) in [6.45, 7) is 2.30. The number of aliphatic carboxylic acids is 1. The molecule has 1 aromatic rings. The largest absolute Gasteiger partial charge is 0.494 e. The van der Waals surface area contributed by atoms with Gasteiger partial charge >= 0.3 is 5.97 Å². The number of ether oxygens (including phenoxy) is 1. The standard InChI is InChI=1S/C16H22N2O6S/c1-2-24-13-3-5-14(6-4-13)25(22,23)17-8-7-15(19)18-12-9-11(10-12)16(20)21/h3-6,11-12,17H,2,7-10H2,1H3,(H,18,19)(H,20,21). The molecule has 9 heteroatoms. The minimum absolute atomic E-state index is 0.00943. The zero-order chi connectivity index (χ0) is 18.4. The average Bonchev–Trinajstić information content (AvgIpc) is 2.51. The molecular weight excluding hydrogens is 348 g/mol. The summed E-state index contributed by atoms with van der Waals surface area (Å²) < 4.78 is 31.9. The fourth-order valence-corrected chi connectivity index (χ4v) is 3.53. The van der Waals surface area contributed by atoms with Gasteiger partial charge in [0.15, 0.2) is 0 Å². The van der Waals surface area contributed by atoms with Crippen LogP contribution in [0.3, 0.4) is 0 Å². The van der Waals surface area contributed by atoms with Crippen molar-refractivity contribution < 1.29 is 27.9 Å². The van der Waals surface area contributed by atoms with Crippen LogP contribution in [-0.4, -0.2) is 44.6 Å². The van der Waals surface area contributed by atoms with Crippen LogP contribution in [0.5, 0.6) is 5.75 Å². The lowest BCUT2D eigenvalue weighted by Gasteiger charge is -2.32. The van der Waals surface area contributed by atoms with Crippen LogP contribution in [0.4, 0.5) is 0 Å². The maximum Gasteiger partial charge on any atom is 0.306 e. The first-order valence-electron chi connectivity index (χ1n) is 8.06. The van der Waals surface area contributed by atoms with Crippen molar-refractivity contribution in [2.45, 2.75) is 37.1 Å². The molecule has 0 heterocycles. The van der Waals surface area contributed by atoms with E-state index in [0.29, 0.717) is 25.2 Å². The van der Waals surface area contributed by atoms with Gasteiger partial charge in [-0.25, -0.2) is 13.1 Å². The number of sulfonamides is 1. The molecule has 1 aliphatic carbocycles. The first kappa shape index (κ1) is 19.2. The summed E-state index contributed by atoms with van der Waals surface area (Å²) in [6, 6.07) is 5.87. The maximum atomic E-state index is 12.1. The summed E-state index contributed by atoms with van der Waals surface area (Å²) in [5.41, 5.74) is 0. The van der Waals surface area contributed by atoms with Gasteiger partial charge in [-0.1, -0.05) is 0 Å². The molecule has 138 valence electrons. The lowest BCUT2D eigenvalue weighted by atomic mass is 9.80. The molecule has 2 rings (SSSR count). The molecule has 1 saturated carbocycles. The van der Waals surface area contributed by atoms with Crippen molar-refractivity contribution in [3.05, 3.63) is 24.3 Å². The van der Waals surface area contributed by atoms with E-state index < -0.39 is 21.9 Å². The number of carboxylic acid groups (broad SMARTS) is 1. The zero-order valence-corrected chi connectivity index (χ0v) is 14.7. The number of carboxylic acids is 1. The highest BCUT2D eigenvalue weighted by Crippen LogP contribution is 2.27. The third-order valence-electron chi connectivity index (χ3n) is 3.94. The summed E-state index contributed by atoms with van der Waals surface area (Å²) in [7, 11) is -3.69. The fourth-order valence-electron chi connectivity index (χ4n) is 2.50. The summed E-state index contributed by atoms with van der Waals surface area (Å²) in [4.78, 5) is 22.5. The lowest BCUT2D eigenvalue weighted by Crippen LogP contribution is -2.47. The number of benzene rings is 1. The van der Waals surface area contributed by atoms with E-state index in [4.69, 9.17) is 9.84 Å². The summed E-state index contributed by atoms with van der Waals surface area (Å²) in [5.74, 6) is -0.971. The number of hydrogen-bond donors (Lipinski definition) is 3. The first-order chi connectivity index (χ1) is 11.8. The highest BCUT2D eigenvalue weighted by Gasteiger charge is 2.35. The van der Waals surface area contributed by atoms with E-state index in [1.54, 1.807) is 12.1 Å². The van der Waals surface area contributed by atoms with Gasteiger partial charge in [0, 0.05) is 19.0 Å². The molecule has 8 nitrogen and oxygen atoms in total. The molecule has 0 aromatic heterocycles. The van der Waals surface area contributed by atoms with Crippen molar-refractivity contribution in [2.75, 3.05) is 13.2 Å². The number of carbonyl (C=O) groups is 2. The van der Waals surface area contributed by atoms with Gasteiger partial charge in [-0.3, -0.25) is 9.59 Å². The number of rotatable bonds is 9. The van der Waals surface area contributed by atoms with Crippen LogP contribution in [0, 0.1) is 5.92 Å². The number of carbonyl (C=O) groups excluding carboxylic acids is 1. The van der Waals surface area contributed by atoms with Gasteiger partial charge in [0.1, 0.15) is 5.75 Å². The Balaban J connectivity index is 1.74. The minimum Gasteiger partial charge on any atom is -0.494 e. The molecule has 1 aliphatic rings. The highest BCUT2D eigenvalue weighted by molar-refractivity contribution is 7.89. The number of hydrogen-bond acceptors (Lipinski definition) is 5. The maximum absolute atomic E-state index is 12.1. The van der Waals surface area contributed by atoms with E-state index in [-0.39, 0.29) is 29.8 Å². The monoisotopic (exact) mass is 370 g/mol. The van der Waals surface area contributed by atoms with Crippen molar-refractivity contribution in [1.82, 2.24) is 10.0 Å². The molecule has 0 unspecified atom stereocenters. The van der Waals surface area contributed by atoms with Crippen LogP contribution in [0.1, 0.15) is 26.2 Å². The van der Waals surface area contributed by atoms with Crippen LogP contribution in [0.15, 0.2) is 29.2 Å². The molecule has 0 saturated heterocycles. The molecule has 1 aromatic carbocycles. The average molecular weight is 370 g/mol. The summed E-state index contributed by atoms with van der Waals surface area (Å²) in [6.07, 6.45) is 0.822. The van der Waals surface area contributed by atoms with Gasteiger partial charge in [-0.05, 0) is 44.0 Å². The van der Waals surface area contributed by atoms with E-state index in [0.717, 1.165) is 0 Å². The van der Waals surface area contributed by atoms with Crippen LogP contribution in [0.2, 0.25) is 0 Å². The Labute approximate surface area is 146 Å². The first-order valence-corrected chi connectivity index (χ1v) is 9.55. The fraction of sp³-hybridized carbons (Fsp3) is 0.500. The topological polar surface area (TPSA) is 122 Å². The molecule has 0 aliphatic heterocycles. The normalized spacial score (nSPS) is 19.7. The van der Waals surface area contributed by atoms with Crippen molar-refractivity contribution in [2.24, 2.45) is 5.92 Å².